The first kappa shape index (κ1) is 26.7. The molecule has 1 aliphatic rings. The van der Waals surface area contributed by atoms with Crippen molar-refractivity contribution in [2.24, 2.45) is 5.73 Å². The molecule has 0 unspecified atom stereocenters. The standard InChI is InChI=1S/C27H34N4O5/c1-6-35-23-12-17-14-31(25(29)18(17)13-19(23)26(34)30-5)15-21(32)16-7-8-22(36-10-9-24(28)33)20(11-16)27(2,3)4/h7-8,11-13,29H,6,9-10,14-15H2,1-5H3,(H2,28,33)(H,30,34). The van der Waals surface area contributed by atoms with Crippen molar-refractivity contribution in [2.45, 2.75) is 46.1 Å². The van der Waals surface area contributed by atoms with Gasteiger partial charge in [0.25, 0.3) is 5.91 Å². The maximum absolute atomic E-state index is 13.3. The lowest BCUT2D eigenvalue weighted by atomic mass is 9.85. The van der Waals surface area contributed by atoms with Crippen molar-refractivity contribution in [3.63, 3.8) is 0 Å². The number of primary amides is 1. The predicted octanol–water partition coefficient (Wildman–Crippen LogP) is 3.02. The number of ketones is 1. The number of nitrogens with zero attached hydrogens (tertiary/aromatic N) is 1. The van der Waals surface area contributed by atoms with Crippen LogP contribution in [0.2, 0.25) is 0 Å². The second-order valence-corrected chi connectivity index (χ2v) is 9.67. The number of rotatable bonds is 10. The van der Waals surface area contributed by atoms with Gasteiger partial charge in [-0.25, -0.2) is 0 Å². The van der Waals surface area contributed by atoms with Gasteiger partial charge in [0.1, 0.15) is 17.3 Å². The number of carbonyl (C=O) groups excluding carboxylic acids is 3. The summed E-state index contributed by atoms with van der Waals surface area (Å²) in [5, 5.41) is 11.2. The Morgan fingerprint density at radius 1 is 1.11 bits per heavy atom. The molecule has 2 amide bonds. The molecule has 0 saturated carbocycles. The first-order valence-corrected chi connectivity index (χ1v) is 11.9. The molecule has 0 aliphatic carbocycles. The Balaban J connectivity index is 1.82. The van der Waals surface area contributed by atoms with Crippen LogP contribution in [0, 0.1) is 5.41 Å². The molecule has 0 radical (unpaired) electrons. The zero-order chi connectivity index (χ0) is 26.6. The summed E-state index contributed by atoms with van der Waals surface area (Å²) in [6.07, 6.45) is 0.106. The number of Topliss-reactive ketones (excluding diaryl/α,β-unsaturated/α-hetero) is 1. The molecule has 0 saturated heterocycles. The van der Waals surface area contributed by atoms with Crippen LogP contribution in [0.3, 0.4) is 0 Å². The lowest BCUT2D eigenvalue weighted by molar-refractivity contribution is -0.118. The summed E-state index contributed by atoms with van der Waals surface area (Å²) >= 11 is 0. The van der Waals surface area contributed by atoms with E-state index in [1.54, 1.807) is 36.2 Å². The van der Waals surface area contributed by atoms with Crippen molar-refractivity contribution in [3.05, 3.63) is 58.1 Å². The number of ether oxygens (including phenoxy) is 2. The van der Waals surface area contributed by atoms with Crippen LogP contribution in [0.15, 0.2) is 30.3 Å². The van der Waals surface area contributed by atoms with Gasteiger partial charge in [-0.05, 0) is 48.2 Å². The molecule has 3 rings (SSSR count). The number of amidine groups is 1. The van der Waals surface area contributed by atoms with E-state index in [-0.39, 0.29) is 42.5 Å². The predicted molar refractivity (Wildman–Crippen MR) is 137 cm³/mol. The minimum atomic E-state index is -0.441. The third kappa shape index (κ3) is 5.84. The summed E-state index contributed by atoms with van der Waals surface area (Å²) in [4.78, 5) is 38.3. The quantitative estimate of drug-likeness (QED) is 0.435. The molecular formula is C27H34N4O5. The molecule has 2 aromatic carbocycles. The summed E-state index contributed by atoms with van der Waals surface area (Å²) in [7, 11) is 1.54. The molecule has 192 valence electrons. The van der Waals surface area contributed by atoms with Gasteiger partial charge in [0.15, 0.2) is 5.78 Å². The Morgan fingerprint density at radius 2 is 1.83 bits per heavy atom. The Kier molecular flexibility index (Phi) is 8.02. The Morgan fingerprint density at radius 3 is 2.44 bits per heavy atom. The summed E-state index contributed by atoms with van der Waals surface area (Å²) < 4.78 is 11.4. The topological polar surface area (TPSA) is 135 Å². The SMILES string of the molecule is CCOc1cc2c(cc1C(=O)NC)C(=N)N(CC(=O)c1ccc(OCCC(N)=O)c(C(C)(C)C)c1)C2. The zero-order valence-corrected chi connectivity index (χ0v) is 21.5. The molecule has 0 spiro atoms. The molecule has 9 nitrogen and oxygen atoms in total. The van der Waals surface area contributed by atoms with Crippen molar-refractivity contribution < 1.29 is 23.9 Å². The van der Waals surface area contributed by atoms with Gasteiger partial charge in [-0.15, -0.1) is 0 Å². The summed E-state index contributed by atoms with van der Waals surface area (Å²) in [6, 6.07) is 8.68. The molecule has 4 N–H and O–H groups in total. The first-order chi connectivity index (χ1) is 17.0. The normalized spacial score (nSPS) is 12.8. The fraction of sp³-hybridized carbons (Fsp3) is 0.407. The number of hydrogen-bond acceptors (Lipinski definition) is 6. The van der Waals surface area contributed by atoms with Crippen LogP contribution in [0.1, 0.15) is 71.5 Å². The van der Waals surface area contributed by atoms with Crippen LogP contribution in [-0.4, -0.2) is 55.1 Å². The van der Waals surface area contributed by atoms with E-state index >= 15 is 0 Å². The van der Waals surface area contributed by atoms with Crippen LogP contribution in [0.5, 0.6) is 11.5 Å². The Bertz CT molecular complexity index is 1200. The number of nitrogens with two attached hydrogens (primary N) is 1. The van der Waals surface area contributed by atoms with Gasteiger partial charge in [-0.3, -0.25) is 19.8 Å². The third-order valence-electron chi connectivity index (χ3n) is 5.96. The molecule has 0 bridgehead atoms. The van der Waals surface area contributed by atoms with Crippen molar-refractivity contribution in [3.8, 4) is 11.5 Å². The van der Waals surface area contributed by atoms with Crippen molar-refractivity contribution in [1.29, 1.82) is 5.41 Å². The average molecular weight is 495 g/mol. The van der Waals surface area contributed by atoms with Crippen molar-refractivity contribution in [1.82, 2.24) is 10.2 Å². The molecular weight excluding hydrogens is 460 g/mol. The number of nitrogens with one attached hydrogen (secondary N) is 2. The first-order valence-electron chi connectivity index (χ1n) is 11.9. The number of benzene rings is 2. The fourth-order valence-electron chi connectivity index (χ4n) is 4.09. The molecule has 1 heterocycles. The van der Waals surface area contributed by atoms with Gasteiger partial charge in [0.2, 0.25) is 5.91 Å². The molecule has 0 aromatic heterocycles. The fourth-order valence-corrected chi connectivity index (χ4v) is 4.09. The van der Waals surface area contributed by atoms with E-state index in [4.69, 9.17) is 20.6 Å². The van der Waals surface area contributed by atoms with Gasteiger partial charge in [0.05, 0.1) is 31.7 Å². The van der Waals surface area contributed by atoms with Crippen LogP contribution < -0.4 is 20.5 Å². The van der Waals surface area contributed by atoms with Crippen molar-refractivity contribution >= 4 is 23.4 Å². The summed E-state index contributed by atoms with van der Waals surface area (Å²) in [6.45, 7) is 8.84. The van der Waals surface area contributed by atoms with Gasteiger partial charge < -0.3 is 25.4 Å². The minimum absolute atomic E-state index is 0.0122. The second kappa shape index (κ2) is 10.8. The molecule has 9 heteroatoms. The van der Waals surface area contributed by atoms with Crippen LogP contribution in [0.25, 0.3) is 0 Å². The Labute approximate surface area is 211 Å². The average Bonchev–Trinajstić information content (AvgIpc) is 3.11. The molecule has 2 aromatic rings. The number of fused-ring (bicyclic) bond motifs is 1. The summed E-state index contributed by atoms with van der Waals surface area (Å²) in [5.41, 5.74) is 8.05. The molecule has 1 aliphatic heterocycles. The highest BCUT2D eigenvalue weighted by atomic mass is 16.5. The lowest BCUT2D eigenvalue weighted by Gasteiger charge is -2.24. The number of carbonyl (C=O) groups is 3. The van der Waals surface area contributed by atoms with E-state index in [0.717, 1.165) is 11.1 Å². The molecule has 0 fully saturated rings. The Hall–Kier alpha value is -3.88. The highest BCUT2D eigenvalue weighted by molar-refractivity contribution is 6.07. The highest BCUT2D eigenvalue weighted by Gasteiger charge is 2.30. The minimum Gasteiger partial charge on any atom is -0.493 e. The van der Waals surface area contributed by atoms with Crippen LogP contribution >= 0.6 is 0 Å². The maximum Gasteiger partial charge on any atom is 0.254 e. The largest absolute Gasteiger partial charge is 0.493 e. The smallest absolute Gasteiger partial charge is 0.254 e. The van der Waals surface area contributed by atoms with E-state index in [9.17, 15) is 14.4 Å². The van der Waals surface area contributed by atoms with E-state index in [1.165, 1.54) is 0 Å². The number of hydrogen-bond donors (Lipinski definition) is 3. The van der Waals surface area contributed by atoms with E-state index in [1.807, 2.05) is 33.8 Å². The lowest BCUT2D eigenvalue weighted by Crippen LogP contribution is -2.30. The maximum atomic E-state index is 13.3. The number of amides is 2. The van der Waals surface area contributed by atoms with Gasteiger partial charge in [-0.1, -0.05) is 20.8 Å². The van der Waals surface area contributed by atoms with Crippen LogP contribution in [-0.2, 0) is 16.8 Å². The van der Waals surface area contributed by atoms with E-state index < -0.39 is 5.91 Å². The zero-order valence-electron chi connectivity index (χ0n) is 21.5. The summed E-state index contributed by atoms with van der Waals surface area (Å²) in [5.74, 6) is 0.373. The van der Waals surface area contributed by atoms with Crippen molar-refractivity contribution in [2.75, 3.05) is 26.8 Å². The van der Waals surface area contributed by atoms with Gasteiger partial charge in [-0.2, -0.15) is 0 Å². The molecule has 0 atom stereocenters. The van der Waals surface area contributed by atoms with Gasteiger partial charge >= 0.3 is 0 Å². The monoisotopic (exact) mass is 494 g/mol. The molecule has 36 heavy (non-hydrogen) atoms. The second-order valence-electron chi connectivity index (χ2n) is 9.67. The van der Waals surface area contributed by atoms with Gasteiger partial charge in [0, 0.05) is 30.3 Å². The third-order valence-corrected chi connectivity index (χ3v) is 5.96. The van der Waals surface area contributed by atoms with Crippen LogP contribution in [0.4, 0.5) is 0 Å². The van der Waals surface area contributed by atoms with E-state index in [0.29, 0.717) is 41.3 Å². The highest BCUT2D eigenvalue weighted by Crippen LogP contribution is 2.34. The van der Waals surface area contributed by atoms with E-state index in [2.05, 4.69) is 5.32 Å².